The number of fused-ring (bicyclic) bond motifs is 1. The minimum atomic E-state index is 0.485. The fourth-order valence-corrected chi connectivity index (χ4v) is 2.83. The predicted molar refractivity (Wildman–Crippen MR) is 85.2 cm³/mol. The van der Waals surface area contributed by atoms with Gasteiger partial charge < -0.3 is 10.2 Å². The molecule has 1 aliphatic rings. The molecule has 0 amide bonds. The third-order valence-electron chi connectivity index (χ3n) is 3.89. The van der Waals surface area contributed by atoms with Crippen molar-refractivity contribution in [2.75, 3.05) is 18.0 Å². The summed E-state index contributed by atoms with van der Waals surface area (Å²) in [7, 11) is 0. The number of nitrogens with one attached hydrogen (secondary N) is 1. The number of hydrogen-bond donors (Lipinski definition) is 1. The van der Waals surface area contributed by atoms with Crippen LogP contribution in [0.25, 0.3) is 10.9 Å². The van der Waals surface area contributed by atoms with Gasteiger partial charge in [0, 0.05) is 36.7 Å². The van der Waals surface area contributed by atoms with Crippen LogP contribution in [0.1, 0.15) is 32.4 Å². The largest absolute Gasteiger partial charge is 0.371 e. The van der Waals surface area contributed by atoms with Gasteiger partial charge in [-0.05, 0) is 25.0 Å². The summed E-state index contributed by atoms with van der Waals surface area (Å²) in [6, 6.07) is 11.2. The van der Waals surface area contributed by atoms with Crippen molar-refractivity contribution >= 4 is 16.6 Å². The summed E-state index contributed by atoms with van der Waals surface area (Å²) >= 11 is 0. The van der Waals surface area contributed by atoms with Gasteiger partial charge in [0.25, 0.3) is 0 Å². The van der Waals surface area contributed by atoms with Gasteiger partial charge in [0.2, 0.25) is 0 Å². The molecule has 1 saturated heterocycles. The second-order valence-corrected chi connectivity index (χ2v) is 5.88. The van der Waals surface area contributed by atoms with Crippen LogP contribution in [0.2, 0.25) is 0 Å². The number of para-hydroxylation sites is 1. The van der Waals surface area contributed by atoms with Crippen molar-refractivity contribution in [2.45, 2.75) is 39.3 Å². The molecule has 20 heavy (non-hydrogen) atoms. The maximum absolute atomic E-state index is 4.79. The van der Waals surface area contributed by atoms with E-state index in [0.717, 1.165) is 17.8 Å². The third-order valence-corrected chi connectivity index (χ3v) is 3.89. The van der Waals surface area contributed by atoms with Crippen LogP contribution in [-0.2, 0) is 6.54 Å². The van der Waals surface area contributed by atoms with Crippen molar-refractivity contribution < 1.29 is 0 Å². The molecule has 3 nitrogen and oxygen atoms in total. The lowest BCUT2D eigenvalue weighted by atomic mass is 10.1. The van der Waals surface area contributed by atoms with Crippen LogP contribution in [-0.4, -0.2) is 24.1 Å². The van der Waals surface area contributed by atoms with E-state index in [9.17, 15) is 0 Å². The summed E-state index contributed by atoms with van der Waals surface area (Å²) in [6.45, 7) is 7.52. The van der Waals surface area contributed by atoms with Crippen molar-refractivity contribution in [1.82, 2.24) is 10.3 Å². The fourth-order valence-electron chi connectivity index (χ4n) is 2.83. The Morgan fingerprint density at radius 1 is 1.20 bits per heavy atom. The lowest BCUT2D eigenvalue weighted by Gasteiger charge is -2.21. The Morgan fingerprint density at radius 2 is 1.95 bits per heavy atom. The zero-order valence-corrected chi connectivity index (χ0v) is 12.4. The molecule has 0 bridgehead atoms. The molecule has 0 atom stereocenters. The van der Waals surface area contributed by atoms with Gasteiger partial charge in [-0.1, -0.05) is 32.0 Å². The number of aromatic nitrogens is 1. The van der Waals surface area contributed by atoms with Crippen LogP contribution < -0.4 is 10.2 Å². The second-order valence-electron chi connectivity index (χ2n) is 5.88. The Morgan fingerprint density at radius 3 is 2.70 bits per heavy atom. The second kappa shape index (κ2) is 5.80. The molecule has 0 unspecified atom stereocenters. The predicted octanol–water partition coefficient (Wildman–Crippen LogP) is 3.33. The molecule has 1 aromatic carbocycles. The first-order chi connectivity index (χ1) is 9.74. The van der Waals surface area contributed by atoms with E-state index in [1.807, 2.05) is 0 Å². The highest BCUT2D eigenvalue weighted by atomic mass is 15.1. The van der Waals surface area contributed by atoms with Gasteiger partial charge in [-0.2, -0.15) is 0 Å². The fraction of sp³-hybridized carbons (Fsp3) is 0.471. The standard InChI is InChI=1S/C17H23N3/c1-13(2)18-12-14-11-17(20-9-5-6-10-20)15-7-3-4-8-16(15)19-14/h3-4,7-8,11,13,18H,5-6,9-10,12H2,1-2H3. The summed E-state index contributed by atoms with van der Waals surface area (Å²) in [6.07, 6.45) is 2.60. The Kier molecular flexibility index (Phi) is 3.88. The molecule has 106 valence electrons. The van der Waals surface area contributed by atoms with Gasteiger partial charge in [-0.15, -0.1) is 0 Å². The maximum Gasteiger partial charge on any atom is 0.0726 e. The van der Waals surface area contributed by atoms with Gasteiger partial charge in [0.05, 0.1) is 11.2 Å². The number of benzene rings is 1. The number of rotatable bonds is 4. The maximum atomic E-state index is 4.79. The Balaban J connectivity index is 2.00. The first-order valence-corrected chi connectivity index (χ1v) is 7.61. The average Bonchev–Trinajstić information content (AvgIpc) is 2.98. The van der Waals surface area contributed by atoms with E-state index in [1.165, 1.54) is 37.0 Å². The zero-order valence-electron chi connectivity index (χ0n) is 12.4. The Labute approximate surface area is 121 Å². The molecule has 1 aliphatic heterocycles. The van der Waals surface area contributed by atoms with Gasteiger partial charge in [0.15, 0.2) is 0 Å². The molecule has 0 aliphatic carbocycles. The van der Waals surface area contributed by atoms with Gasteiger partial charge in [-0.25, -0.2) is 0 Å². The van der Waals surface area contributed by atoms with Crippen molar-refractivity contribution in [3.63, 3.8) is 0 Å². The highest BCUT2D eigenvalue weighted by Crippen LogP contribution is 2.29. The lowest BCUT2D eigenvalue weighted by molar-refractivity contribution is 0.582. The SMILES string of the molecule is CC(C)NCc1cc(N2CCCC2)c2ccccc2n1. The molecule has 2 heterocycles. The molecule has 0 saturated carbocycles. The van der Waals surface area contributed by atoms with E-state index in [1.54, 1.807) is 0 Å². The molecule has 0 spiro atoms. The summed E-state index contributed by atoms with van der Waals surface area (Å²) in [5.41, 5.74) is 3.60. The average molecular weight is 269 g/mol. The lowest BCUT2D eigenvalue weighted by Crippen LogP contribution is -2.23. The molecule has 1 aromatic heterocycles. The van der Waals surface area contributed by atoms with Gasteiger partial charge in [0.1, 0.15) is 0 Å². The van der Waals surface area contributed by atoms with Crippen molar-refractivity contribution in [2.24, 2.45) is 0 Å². The first kappa shape index (κ1) is 13.4. The van der Waals surface area contributed by atoms with Gasteiger partial charge >= 0.3 is 0 Å². The number of anilines is 1. The normalized spacial score (nSPS) is 15.4. The van der Waals surface area contributed by atoms with E-state index < -0.39 is 0 Å². The minimum Gasteiger partial charge on any atom is -0.371 e. The number of nitrogens with zero attached hydrogens (tertiary/aromatic N) is 2. The quantitative estimate of drug-likeness (QED) is 0.922. The molecular formula is C17H23N3. The molecule has 2 aromatic rings. The van der Waals surface area contributed by atoms with Crippen LogP contribution in [0.4, 0.5) is 5.69 Å². The van der Waals surface area contributed by atoms with Crippen LogP contribution in [0.5, 0.6) is 0 Å². The van der Waals surface area contributed by atoms with E-state index in [2.05, 4.69) is 54.4 Å². The molecule has 3 rings (SSSR count). The minimum absolute atomic E-state index is 0.485. The summed E-state index contributed by atoms with van der Waals surface area (Å²) in [5.74, 6) is 0. The third kappa shape index (κ3) is 2.78. The summed E-state index contributed by atoms with van der Waals surface area (Å²) in [4.78, 5) is 7.29. The topological polar surface area (TPSA) is 28.2 Å². The Bertz CT molecular complexity index is 586. The van der Waals surface area contributed by atoms with Gasteiger partial charge in [-0.3, -0.25) is 4.98 Å². The summed E-state index contributed by atoms with van der Waals surface area (Å²) < 4.78 is 0. The molecular weight excluding hydrogens is 246 g/mol. The number of hydrogen-bond acceptors (Lipinski definition) is 3. The smallest absolute Gasteiger partial charge is 0.0726 e. The van der Waals surface area contributed by atoms with E-state index in [0.29, 0.717) is 6.04 Å². The first-order valence-electron chi connectivity index (χ1n) is 7.61. The number of pyridine rings is 1. The van der Waals surface area contributed by atoms with E-state index >= 15 is 0 Å². The van der Waals surface area contributed by atoms with Crippen LogP contribution in [0.15, 0.2) is 30.3 Å². The molecule has 0 radical (unpaired) electrons. The monoisotopic (exact) mass is 269 g/mol. The van der Waals surface area contributed by atoms with Crippen LogP contribution in [0, 0.1) is 0 Å². The highest BCUT2D eigenvalue weighted by Gasteiger charge is 2.16. The van der Waals surface area contributed by atoms with E-state index in [4.69, 9.17) is 4.98 Å². The van der Waals surface area contributed by atoms with Crippen molar-refractivity contribution in [3.05, 3.63) is 36.0 Å². The van der Waals surface area contributed by atoms with E-state index in [-0.39, 0.29) is 0 Å². The van der Waals surface area contributed by atoms with Crippen LogP contribution >= 0.6 is 0 Å². The zero-order chi connectivity index (χ0) is 13.9. The van der Waals surface area contributed by atoms with Crippen molar-refractivity contribution in [1.29, 1.82) is 0 Å². The molecule has 1 N–H and O–H groups in total. The summed E-state index contributed by atoms with van der Waals surface area (Å²) in [5, 5.41) is 4.74. The van der Waals surface area contributed by atoms with Crippen LogP contribution in [0.3, 0.4) is 0 Å². The molecule has 3 heteroatoms. The Hall–Kier alpha value is -1.61. The highest BCUT2D eigenvalue weighted by molar-refractivity contribution is 5.92. The molecule has 1 fully saturated rings. The van der Waals surface area contributed by atoms with Crippen molar-refractivity contribution in [3.8, 4) is 0 Å².